The van der Waals surface area contributed by atoms with Crippen molar-refractivity contribution in [2.45, 2.75) is 31.7 Å². The molecular weight excluding hydrogens is 336 g/mol. The van der Waals surface area contributed by atoms with E-state index in [0.29, 0.717) is 12.0 Å². The highest BCUT2D eigenvalue weighted by Crippen LogP contribution is 2.48. The van der Waals surface area contributed by atoms with Gasteiger partial charge < -0.3 is 10.6 Å². The van der Waals surface area contributed by atoms with Gasteiger partial charge in [0.1, 0.15) is 0 Å². The van der Waals surface area contributed by atoms with Crippen molar-refractivity contribution < 1.29 is 9.59 Å². The normalized spacial score (nSPS) is 16.7. The second kappa shape index (κ2) is 5.68. The standard InChI is InChI=1S/C23H20N2O2/c1-14-11-16-12-21(26)24-20(16)13-18(14)22(27)25-23(9-10-23)19-8-4-6-15-5-2-3-7-17(15)19/h2-8,11,13H,9-10,12H2,1H3,(H,24,26)(H,25,27). The molecule has 1 aliphatic heterocycles. The van der Waals surface area contributed by atoms with Crippen molar-refractivity contribution in [3.05, 3.63) is 76.9 Å². The van der Waals surface area contributed by atoms with Crippen LogP contribution in [0.5, 0.6) is 0 Å². The van der Waals surface area contributed by atoms with Gasteiger partial charge >= 0.3 is 0 Å². The molecule has 1 heterocycles. The third-order valence-electron chi connectivity index (χ3n) is 5.73. The number of rotatable bonds is 3. The highest BCUT2D eigenvalue weighted by atomic mass is 16.2. The van der Waals surface area contributed by atoms with Gasteiger partial charge in [-0.05, 0) is 53.3 Å². The molecule has 0 spiro atoms. The monoisotopic (exact) mass is 356 g/mol. The molecule has 0 saturated heterocycles. The average molecular weight is 356 g/mol. The van der Waals surface area contributed by atoms with Crippen LogP contribution < -0.4 is 10.6 Å². The molecule has 1 saturated carbocycles. The Labute approximate surface area is 157 Å². The van der Waals surface area contributed by atoms with Gasteiger partial charge in [0.2, 0.25) is 5.91 Å². The molecule has 5 rings (SSSR count). The van der Waals surface area contributed by atoms with Gasteiger partial charge in [0.05, 0.1) is 12.0 Å². The van der Waals surface area contributed by atoms with Crippen molar-refractivity contribution in [2.75, 3.05) is 5.32 Å². The number of amides is 2. The summed E-state index contributed by atoms with van der Waals surface area (Å²) in [5, 5.41) is 8.50. The second-order valence-corrected chi connectivity index (χ2v) is 7.61. The lowest BCUT2D eigenvalue weighted by Gasteiger charge is -2.21. The Hall–Kier alpha value is -3.14. The van der Waals surface area contributed by atoms with Gasteiger partial charge in [-0.1, -0.05) is 48.5 Å². The molecule has 2 aliphatic rings. The summed E-state index contributed by atoms with van der Waals surface area (Å²) < 4.78 is 0. The number of benzene rings is 3. The first-order chi connectivity index (χ1) is 13.1. The molecule has 3 aromatic rings. The first-order valence-electron chi connectivity index (χ1n) is 9.30. The number of carbonyl (C=O) groups is 2. The predicted octanol–water partition coefficient (Wildman–Crippen LogP) is 4.06. The van der Waals surface area contributed by atoms with E-state index in [2.05, 4.69) is 41.0 Å². The Morgan fingerprint density at radius 1 is 1.07 bits per heavy atom. The van der Waals surface area contributed by atoms with Crippen LogP contribution in [0.4, 0.5) is 5.69 Å². The number of aryl methyl sites for hydroxylation is 1. The topological polar surface area (TPSA) is 58.2 Å². The fraction of sp³-hybridized carbons (Fsp3) is 0.217. The number of hydrogen-bond donors (Lipinski definition) is 2. The highest BCUT2D eigenvalue weighted by molar-refractivity contribution is 6.03. The Kier molecular flexibility index (Phi) is 3.38. The highest BCUT2D eigenvalue weighted by Gasteiger charge is 2.46. The molecule has 1 fully saturated rings. The van der Waals surface area contributed by atoms with Crippen molar-refractivity contribution in [3.63, 3.8) is 0 Å². The molecule has 0 unspecified atom stereocenters. The van der Waals surface area contributed by atoms with E-state index in [0.717, 1.165) is 29.7 Å². The number of carbonyl (C=O) groups excluding carboxylic acids is 2. The van der Waals surface area contributed by atoms with Crippen molar-refractivity contribution in [1.82, 2.24) is 5.32 Å². The van der Waals surface area contributed by atoms with Crippen LogP contribution in [0.2, 0.25) is 0 Å². The Morgan fingerprint density at radius 2 is 1.85 bits per heavy atom. The van der Waals surface area contributed by atoms with Gasteiger partial charge in [0.25, 0.3) is 5.91 Å². The Balaban J connectivity index is 1.49. The summed E-state index contributed by atoms with van der Waals surface area (Å²) in [6, 6.07) is 18.3. The summed E-state index contributed by atoms with van der Waals surface area (Å²) in [6.07, 6.45) is 2.26. The maximum Gasteiger partial charge on any atom is 0.252 e. The van der Waals surface area contributed by atoms with Crippen LogP contribution in [-0.4, -0.2) is 11.8 Å². The number of hydrogen-bond acceptors (Lipinski definition) is 2. The zero-order valence-corrected chi connectivity index (χ0v) is 15.1. The zero-order valence-electron chi connectivity index (χ0n) is 15.1. The Morgan fingerprint density at radius 3 is 2.67 bits per heavy atom. The Bertz CT molecular complexity index is 1110. The molecule has 1 aliphatic carbocycles. The minimum atomic E-state index is -0.299. The lowest BCUT2D eigenvalue weighted by molar-refractivity contribution is -0.115. The van der Waals surface area contributed by atoms with Crippen LogP contribution in [0.15, 0.2) is 54.6 Å². The first-order valence-corrected chi connectivity index (χ1v) is 9.30. The minimum Gasteiger partial charge on any atom is -0.342 e. The van der Waals surface area contributed by atoms with Gasteiger partial charge in [-0.3, -0.25) is 9.59 Å². The maximum absolute atomic E-state index is 13.1. The lowest BCUT2D eigenvalue weighted by atomic mass is 9.96. The lowest BCUT2D eigenvalue weighted by Crippen LogP contribution is -2.35. The molecule has 2 N–H and O–H groups in total. The fourth-order valence-electron chi connectivity index (χ4n) is 4.16. The van der Waals surface area contributed by atoms with E-state index in [9.17, 15) is 9.59 Å². The summed E-state index contributed by atoms with van der Waals surface area (Å²) in [6.45, 7) is 1.93. The number of fused-ring (bicyclic) bond motifs is 2. The maximum atomic E-state index is 13.1. The van der Waals surface area contributed by atoms with E-state index >= 15 is 0 Å². The van der Waals surface area contributed by atoms with Crippen molar-refractivity contribution in [1.29, 1.82) is 0 Å². The van der Waals surface area contributed by atoms with Crippen molar-refractivity contribution >= 4 is 28.3 Å². The fourth-order valence-corrected chi connectivity index (χ4v) is 4.16. The second-order valence-electron chi connectivity index (χ2n) is 7.61. The van der Waals surface area contributed by atoms with Crippen LogP contribution in [0, 0.1) is 6.92 Å². The van der Waals surface area contributed by atoms with E-state index in [-0.39, 0.29) is 17.4 Å². The van der Waals surface area contributed by atoms with Gasteiger partial charge in [-0.25, -0.2) is 0 Å². The molecule has 134 valence electrons. The molecule has 0 atom stereocenters. The van der Waals surface area contributed by atoms with Crippen LogP contribution in [0.3, 0.4) is 0 Å². The molecule has 0 bridgehead atoms. The van der Waals surface area contributed by atoms with Crippen LogP contribution in [0.1, 0.15) is 39.9 Å². The summed E-state index contributed by atoms with van der Waals surface area (Å²) in [4.78, 5) is 24.7. The quantitative estimate of drug-likeness (QED) is 0.743. The molecule has 0 aromatic heterocycles. The minimum absolute atomic E-state index is 0.0172. The van der Waals surface area contributed by atoms with Crippen LogP contribution >= 0.6 is 0 Å². The average Bonchev–Trinajstić information content (AvgIpc) is 3.34. The molecule has 27 heavy (non-hydrogen) atoms. The molecule has 4 heteroatoms. The molecule has 2 amide bonds. The number of nitrogens with one attached hydrogen (secondary N) is 2. The van der Waals surface area contributed by atoms with Gasteiger partial charge in [0.15, 0.2) is 0 Å². The van der Waals surface area contributed by atoms with Gasteiger partial charge in [-0.2, -0.15) is 0 Å². The van der Waals surface area contributed by atoms with Crippen LogP contribution in [0.25, 0.3) is 10.8 Å². The van der Waals surface area contributed by atoms with E-state index in [1.54, 1.807) is 0 Å². The van der Waals surface area contributed by atoms with Crippen molar-refractivity contribution in [3.8, 4) is 0 Å². The third-order valence-corrected chi connectivity index (χ3v) is 5.73. The summed E-state index contributed by atoms with van der Waals surface area (Å²) in [5.74, 6) is -0.0988. The van der Waals surface area contributed by atoms with E-state index in [1.165, 1.54) is 16.3 Å². The van der Waals surface area contributed by atoms with Gasteiger partial charge in [0, 0.05) is 11.3 Å². The summed E-state index contributed by atoms with van der Waals surface area (Å²) in [5.41, 5.74) is 4.13. The summed E-state index contributed by atoms with van der Waals surface area (Å²) >= 11 is 0. The molecular formula is C23H20N2O2. The number of anilines is 1. The molecule has 3 aromatic carbocycles. The van der Waals surface area contributed by atoms with Crippen LogP contribution in [-0.2, 0) is 16.8 Å². The molecule has 4 nitrogen and oxygen atoms in total. The van der Waals surface area contributed by atoms with E-state index < -0.39 is 0 Å². The molecule has 0 radical (unpaired) electrons. The largest absolute Gasteiger partial charge is 0.342 e. The SMILES string of the molecule is Cc1cc2c(cc1C(=O)NC1(c3cccc4ccccc34)CC1)NC(=O)C2. The smallest absolute Gasteiger partial charge is 0.252 e. The third kappa shape index (κ3) is 2.60. The van der Waals surface area contributed by atoms with E-state index in [4.69, 9.17) is 0 Å². The summed E-state index contributed by atoms with van der Waals surface area (Å²) in [7, 11) is 0. The zero-order chi connectivity index (χ0) is 18.6. The first kappa shape index (κ1) is 16.1. The predicted molar refractivity (Wildman–Crippen MR) is 106 cm³/mol. The van der Waals surface area contributed by atoms with E-state index in [1.807, 2.05) is 31.2 Å². The van der Waals surface area contributed by atoms with Gasteiger partial charge in [-0.15, -0.1) is 0 Å². The van der Waals surface area contributed by atoms with Crippen molar-refractivity contribution in [2.24, 2.45) is 0 Å².